The van der Waals surface area contributed by atoms with Crippen LogP contribution < -0.4 is 5.32 Å². The molecule has 0 aromatic heterocycles. The fraction of sp³-hybridized carbons (Fsp3) is 0.500. The first kappa shape index (κ1) is 17.1. The van der Waals surface area contributed by atoms with Crippen LogP contribution >= 0.6 is 0 Å². The lowest BCUT2D eigenvalue weighted by molar-refractivity contribution is -0.141. The van der Waals surface area contributed by atoms with E-state index in [2.05, 4.69) is 5.32 Å². The van der Waals surface area contributed by atoms with Gasteiger partial charge in [0.1, 0.15) is 5.82 Å². The van der Waals surface area contributed by atoms with Crippen molar-refractivity contribution in [3.8, 4) is 0 Å². The molecule has 0 radical (unpaired) electrons. The molecule has 5 heteroatoms. The summed E-state index contributed by atoms with van der Waals surface area (Å²) in [7, 11) is 0. The van der Waals surface area contributed by atoms with Crippen molar-refractivity contribution >= 4 is 11.9 Å². The number of halogens is 1. The molecule has 0 bridgehead atoms. The highest BCUT2D eigenvalue weighted by molar-refractivity contribution is 5.78. The van der Waals surface area contributed by atoms with Crippen molar-refractivity contribution in [2.45, 2.75) is 45.6 Å². The number of hydrogen-bond acceptors (Lipinski definition) is 2. The Balaban J connectivity index is 2.31. The number of carbonyl (C=O) groups excluding carboxylic acids is 1. The Bertz CT molecular complexity index is 490. The molecule has 1 amide bonds. The summed E-state index contributed by atoms with van der Waals surface area (Å²) in [5.41, 5.74) is 0.377. The van der Waals surface area contributed by atoms with E-state index in [4.69, 9.17) is 5.11 Å². The van der Waals surface area contributed by atoms with E-state index in [9.17, 15) is 14.0 Å². The highest BCUT2D eigenvalue weighted by Crippen LogP contribution is 2.10. The molecule has 21 heavy (non-hydrogen) atoms. The van der Waals surface area contributed by atoms with Crippen LogP contribution in [0.3, 0.4) is 0 Å². The number of hydrogen-bond donors (Lipinski definition) is 2. The van der Waals surface area contributed by atoms with Crippen LogP contribution in [0.25, 0.3) is 0 Å². The molecule has 0 saturated carbocycles. The Labute approximate surface area is 124 Å². The maximum Gasteiger partial charge on any atom is 0.306 e. The molecule has 1 aromatic carbocycles. The summed E-state index contributed by atoms with van der Waals surface area (Å²) in [6, 6.07) is 6.16. The van der Waals surface area contributed by atoms with Gasteiger partial charge in [0.15, 0.2) is 0 Å². The van der Waals surface area contributed by atoms with E-state index in [0.29, 0.717) is 18.4 Å². The van der Waals surface area contributed by atoms with Gasteiger partial charge >= 0.3 is 5.97 Å². The molecule has 0 saturated heterocycles. The van der Waals surface area contributed by atoms with E-state index < -0.39 is 5.97 Å². The van der Waals surface area contributed by atoms with E-state index >= 15 is 0 Å². The molecule has 116 valence electrons. The number of aliphatic carboxylic acids is 1. The van der Waals surface area contributed by atoms with Crippen LogP contribution in [0.1, 0.15) is 38.7 Å². The van der Waals surface area contributed by atoms with Crippen LogP contribution in [0, 0.1) is 11.7 Å². The quantitative estimate of drug-likeness (QED) is 0.775. The first-order valence-corrected chi connectivity index (χ1v) is 7.15. The molecule has 2 atom stereocenters. The van der Waals surface area contributed by atoms with Crippen molar-refractivity contribution in [3.05, 3.63) is 35.6 Å². The van der Waals surface area contributed by atoms with Gasteiger partial charge in [-0.3, -0.25) is 9.59 Å². The molecule has 1 aromatic rings. The van der Waals surface area contributed by atoms with Crippen molar-refractivity contribution in [2.24, 2.45) is 5.92 Å². The summed E-state index contributed by atoms with van der Waals surface area (Å²) in [5, 5.41) is 11.6. The van der Waals surface area contributed by atoms with Crippen LogP contribution in [0.5, 0.6) is 0 Å². The van der Waals surface area contributed by atoms with Crippen LogP contribution in [0.2, 0.25) is 0 Å². The molecule has 2 unspecified atom stereocenters. The number of amides is 1. The predicted octanol–water partition coefficient (Wildman–Crippen LogP) is 2.76. The minimum atomic E-state index is -0.800. The van der Waals surface area contributed by atoms with Gasteiger partial charge in [-0.2, -0.15) is 0 Å². The van der Waals surface area contributed by atoms with Crippen LogP contribution in [0.4, 0.5) is 4.39 Å². The molecule has 0 spiro atoms. The topological polar surface area (TPSA) is 66.4 Å². The molecule has 4 nitrogen and oxygen atoms in total. The van der Waals surface area contributed by atoms with Gasteiger partial charge in [-0.15, -0.1) is 0 Å². The maximum absolute atomic E-state index is 13.4. The van der Waals surface area contributed by atoms with Crippen LogP contribution in [-0.4, -0.2) is 23.0 Å². The smallest absolute Gasteiger partial charge is 0.306 e. The number of benzene rings is 1. The van der Waals surface area contributed by atoms with Gasteiger partial charge in [0, 0.05) is 6.04 Å². The molecule has 0 aliphatic heterocycles. The molecule has 1 rings (SSSR count). The second-order valence-corrected chi connectivity index (χ2v) is 5.41. The molecule has 0 fully saturated rings. The van der Waals surface area contributed by atoms with Gasteiger partial charge in [0.2, 0.25) is 5.91 Å². The summed E-state index contributed by atoms with van der Waals surface area (Å²) in [4.78, 5) is 22.5. The lowest BCUT2D eigenvalue weighted by atomic mass is 10.0. The fourth-order valence-corrected chi connectivity index (χ4v) is 2.07. The fourth-order valence-electron chi connectivity index (χ4n) is 2.07. The SMILES string of the molecule is CC(CCCC(C)C(=O)O)NC(=O)Cc1ccccc1F. The standard InChI is InChI=1S/C16H22FNO3/c1-11(16(20)21)6-5-7-12(2)18-15(19)10-13-8-3-4-9-14(13)17/h3-4,8-9,11-12H,5-7,10H2,1-2H3,(H,18,19)(H,20,21). The van der Waals surface area contributed by atoms with Crippen LogP contribution in [0.15, 0.2) is 24.3 Å². The average molecular weight is 295 g/mol. The first-order valence-electron chi connectivity index (χ1n) is 7.15. The number of carbonyl (C=O) groups is 2. The van der Waals surface area contributed by atoms with Crippen molar-refractivity contribution in [2.75, 3.05) is 0 Å². The van der Waals surface area contributed by atoms with E-state index in [1.807, 2.05) is 6.92 Å². The maximum atomic E-state index is 13.4. The molecular weight excluding hydrogens is 273 g/mol. The van der Waals surface area contributed by atoms with Gasteiger partial charge < -0.3 is 10.4 Å². The zero-order valence-corrected chi connectivity index (χ0v) is 12.4. The van der Waals surface area contributed by atoms with Crippen molar-refractivity contribution < 1.29 is 19.1 Å². The third-order valence-electron chi connectivity index (χ3n) is 3.41. The van der Waals surface area contributed by atoms with Gasteiger partial charge in [0.05, 0.1) is 12.3 Å². The molecule has 0 heterocycles. The Kier molecular flexibility index (Phi) is 6.85. The molecule has 0 aliphatic carbocycles. The van der Waals surface area contributed by atoms with E-state index in [0.717, 1.165) is 6.42 Å². The Morgan fingerprint density at radius 2 is 1.90 bits per heavy atom. The number of nitrogens with one attached hydrogen (secondary N) is 1. The summed E-state index contributed by atoms with van der Waals surface area (Å²) in [5.74, 6) is -1.77. The van der Waals surface area contributed by atoms with Gasteiger partial charge in [-0.1, -0.05) is 31.5 Å². The lowest BCUT2D eigenvalue weighted by Gasteiger charge is -2.14. The van der Waals surface area contributed by atoms with Crippen molar-refractivity contribution in [1.82, 2.24) is 5.32 Å². The zero-order valence-electron chi connectivity index (χ0n) is 12.4. The van der Waals surface area contributed by atoms with Crippen LogP contribution in [-0.2, 0) is 16.0 Å². The first-order chi connectivity index (χ1) is 9.90. The monoisotopic (exact) mass is 295 g/mol. The second kappa shape index (κ2) is 8.39. The molecular formula is C16H22FNO3. The number of carboxylic acid groups (broad SMARTS) is 1. The lowest BCUT2D eigenvalue weighted by Crippen LogP contribution is -2.33. The third-order valence-corrected chi connectivity index (χ3v) is 3.41. The van der Waals surface area contributed by atoms with Gasteiger partial charge in [-0.25, -0.2) is 4.39 Å². The third kappa shape index (κ3) is 6.38. The van der Waals surface area contributed by atoms with Gasteiger partial charge in [-0.05, 0) is 31.4 Å². The Hall–Kier alpha value is -1.91. The summed E-state index contributed by atoms with van der Waals surface area (Å²) in [6.45, 7) is 3.54. The molecule has 2 N–H and O–H groups in total. The van der Waals surface area contributed by atoms with Crippen molar-refractivity contribution in [1.29, 1.82) is 0 Å². The summed E-state index contributed by atoms with van der Waals surface area (Å²) in [6.07, 6.45) is 2.04. The second-order valence-electron chi connectivity index (χ2n) is 5.41. The highest BCUT2D eigenvalue weighted by atomic mass is 19.1. The zero-order chi connectivity index (χ0) is 15.8. The minimum Gasteiger partial charge on any atom is -0.481 e. The Morgan fingerprint density at radius 3 is 2.52 bits per heavy atom. The van der Waals surface area contributed by atoms with Gasteiger partial charge in [0.25, 0.3) is 0 Å². The predicted molar refractivity (Wildman–Crippen MR) is 78.4 cm³/mol. The highest BCUT2D eigenvalue weighted by Gasteiger charge is 2.13. The largest absolute Gasteiger partial charge is 0.481 e. The minimum absolute atomic E-state index is 0.0164. The Morgan fingerprint density at radius 1 is 1.24 bits per heavy atom. The van der Waals surface area contributed by atoms with E-state index in [-0.39, 0.29) is 30.1 Å². The molecule has 0 aliphatic rings. The normalized spacial score (nSPS) is 13.5. The summed E-state index contributed by atoms with van der Waals surface area (Å²) < 4.78 is 13.4. The average Bonchev–Trinajstić information content (AvgIpc) is 2.41. The number of carboxylic acids is 1. The van der Waals surface area contributed by atoms with E-state index in [1.165, 1.54) is 6.07 Å². The number of rotatable bonds is 8. The summed E-state index contributed by atoms with van der Waals surface area (Å²) >= 11 is 0. The van der Waals surface area contributed by atoms with E-state index in [1.54, 1.807) is 25.1 Å². The van der Waals surface area contributed by atoms with Crippen molar-refractivity contribution in [3.63, 3.8) is 0 Å².